The van der Waals surface area contributed by atoms with Gasteiger partial charge >= 0.3 is 0 Å². The maximum absolute atomic E-state index is 13.3. The first-order chi connectivity index (χ1) is 14.5. The van der Waals surface area contributed by atoms with Crippen molar-refractivity contribution in [1.29, 1.82) is 0 Å². The van der Waals surface area contributed by atoms with Crippen LogP contribution in [0, 0.1) is 11.3 Å². The lowest BCUT2D eigenvalue weighted by Gasteiger charge is -2.40. The van der Waals surface area contributed by atoms with Crippen LogP contribution < -0.4 is 5.32 Å². The van der Waals surface area contributed by atoms with Gasteiger partial charge in [0.1, 0.15) is 5.82 Å². The van der Waals surface area contributed by atoms with Gasteiger partial charge in [-0.2, -0.15) is 0 Å². The van der Waals surface area contributed by atoms with Gasteiger partial charge in [-0.1, -0.05) is 32.9 Å². The summed E-state index contributed by atoms with van der Waals surface area (Å²) in [5.41, 5.74) is 2.68. The normalized spacial score (nSPS) is 16.8. The van der Waals surface area contributed by atoms with Gasteiger partial charge in [0.05, 0.1) is 15.8 Å². The van der Waals surface area contributed by atoms with Crippen molar-refractivity contribution >= 4 is 33.8 Å². The second kappa shape index (κ2) is 8.82. The predicted molar refractivity (Wildman–Crippen MR) is 125 cm³/mol. The fraction of sp³-hybridized carbons (Fsp3) is 0.458. The van der Waals surface area contributed by atoms with Gasteiger partial charge in [0.2, 0.25) is 5.91 Å². The number of nitrogens with one attached hydrogen (secondary N) is 1. The number of fused-ring (bicyclic) bond motifs is 1. The monoisotopic (exact) mass is 422 g/mol. The molecule has 1 aromatic carbocycles. The van der Waals surface area contributed by atoms with E-state index in [1.54, 1.807) is 11.3 Å². The van der Waals surface area contributed by atoms with E-state index >= 15 is 0 Å². The molecule has 158 valence electrons. The number of rotatable bonds is 6. The van der Waals surface area contributed by atoms with Gasteiger partial charge in [0.25, 0.3) is 0 Å². The largest absolute Gasteiger partial charge is 0.310 e. The third-order valence-electron chi connectivity index (χ3n) is 6.28. The van der Waals surface area contributed by atoms with Crippen LogP contribution in [0.3, 0.4) is 0 Å². The molecule has 30 heavy (non-hydrogen) atoms. The SMILES string of the molecule is CCC1(C(=O)Nc2cc3cc(-c4cncs4)ccc3cn2)CCN(CC(C)C)CC1. The second-order valence-electron chi connectivity index (χ2n) is 8.78. The predicted octanol–water partition coefficient (Wildman–Crippen LogP) is 5.45. The molecule has 1 amide bonds. The van der Waals surface area contributed by atoms with Crippen molar-refractivity contribution in [2.75, 3.05) is 25.0 Å². The zero-order valence-corrected chi connectivity index (χ0v) is 18.8. The number of amides is 1. The summed E-state index contributed by atoms with van der Waals surface area (Å²) in [7, 11) is 0. The van der Waals surface area contributed by atoms with Crippen molar-refractivity contribution in [3.8, 4) is 10.4 Å². The zero-order valence-electron chi connectivity index (χ0n) is 18.0. The van der Waals surface area contributed by atoms with Gasteiger partial charge in [-0.25, -0.2) is 4.98 Å². The third-order valence-corrected chi connectivity index (χ3v) is 7.10. The van der Waals surface area contributed by atoms with E-state index in [1.165, 1.54) is 0 Å². The van der Waals surface area contributed by atoms with Crippen LogP contribution in [-0.4, -0.2) is 40.4 Å². The summed E-state index contributed by atoms with van der Waals surface area (Å²) >= 11 is 1.62. The number of hydrogen-bond donors (Lipinski definition) is 1. The Bertz CT molecular complexity index is 1010. The number of piperidine rings is 1. The van der Waals surface area contributed by atoms with Gasteiger partial charge < -0.3 is 10.2 Å². The Balaban J connectivity index is 1.50. The lowest BCUT2D eigenvalue weighted by atomic mass is 9.75. The number of thiazole rings is 1. The van der Waals surface area contributed by atoms with E-state index in [2.05, 4.69) is 59.2 Å². The molecule has 0 radical (unpaired) electrons. The Morgan fingerprint density at radius 3 is 2.67 bits per heavy atom. The van der Waals surface area contributed by atoms with Crippen molar-refractivity contribution in [3.05, 3.63) is 42.2 Å². The van der Waals surface area contributed by atoms with Gasteiger partial charge in [0, 0.05) is 24.3 Å². The lowest BCUT2D eigenvalue weighted by molar-refractivity contribution is -0.128. The summed E-state index contributed by atoms with van der Waals surface area (Å²) in [6.07, 6.45) is 6.39. The molecule has 1 fully saturated rings. The van der Waals surface area contributed by atoms with Crippen molar-refractivity contribution in [1.82, 2.24) is 14.9 Å². The van der Waals surface area contributed by atoms with Crippen LogP contribution in [-0.2, 0) is 4.79 Å². The maximum Gasteiger partial charge on any atom is 0.231 e. The van der Waals surface area contributed by atoms with Crippen LogP contribution >= 0.6 is 11.3 Å². The number of carbonyl (C=O) groups excluding carboxylic acids is 1. The molecule has 0 unspecified atom stereocenters. The molecule has 0 atom stereocenters. The van der Waals surface area contributed by atoms with E-state index in [-0.39, 0.29) is 11.3 Å². The van der Waals surface area contributed by atoms with E-state index in [0.717, 1.165) is 60.1 Å². The number of hydrogen-bond acceptors (Lipinski definition) is 5. The number of aromatic nitrogens is 2. The number of benzene rings is 1. The van der Waals surface area contributed by atoms with Crippen molar-refractivity contribution < 1.29 is 4.79 Å². The Morgan fingerprint density at radius 2 is 2.00 bits per heavy atom. The van der Waals surface area contributed by atoms with E-state index < -0.39 is 0 Å². The highest BCUT2D eigenvalue weighted by molar-refractivity contribution is 7.13. The van der Waals surface area contributed by atoms with Gasteiger partial charge in [-0.05, 0) is 61.4 Å². The smallest absolute Gasteiger partial charge is 0.231 e. The summed E-state index contributed by atoms with van der Waals surface area (Å²) in [6, 6.07) is 8.28. The van der Waals surface area contributed by atoms with E-state index in [0.29, 0.717) is 11.7 Å². The topological polar surface area (TPSA) is 58.1 Å². The Labute approximate surface area is 182 Å². The summed E-state index contributed by atoms with van der Waals surface area (Å²) in [5, 5.41) is 5.26. The van der Waals surface area contributed by atoms with Crippen LogP contribution in [0.1, 0.15) is 40.0 Å². The highest BCUT2D eigenvalue weighted by Gasteiger charge is 2.39. The Kier molecular flexibility index (Phi) is 6.16. The minimum Gasteiger partial charge on any atom is -0.310 e. The van der Waals surface area contributed by atoms with Crippen LogP contribution in [0.4, 0.5) is 5.82 Å². The van der Waals surface area contributed by atoms with Crippen molar-refractivity contribution in [2.45, 2.75) is 40.0 Å². The first kappa shape index (κ1) is 20.9. The molecule has 1 aliphatic rings. The molecule has 1 saturated heterocycles. The van der Waals surface area contributed by atoms with Crippen LogP contribution in [0.2, 0.25) is 0 Å². The molecule has 0 aliphatic carbocycles. The van der Waals surface area contributed by atoms with E-state index in [4.69, 9.17) is 0 Å². The molecule has 0 bridgehead atoms. The minimum absolute atomic E-state index is 0.111. The van der Waals surface area contributed by atoms with E-state index in [9.17, 15) is 4.79 Å². The molecule has 1 N–H and O–H groups in total. The third kappa shape index (κ3) is 4.40. The van der Waals surface area contributed by atoms with Gasteiger partial charge in [0.15, 0.2) is 0 Å². The Morgan fingerprint density at radius 1 is 1.20 bits per heavy atom. The lowest BCUT2D eigenvalue weighted by Crippen LogP contribution is -2.47. The molecule has 1 aliphatic heterocycles. The summed E-state index contributed by atoms with van der Waals surface area (Å²) in [5.74, 6) is 1.40. The molecule has 0 spiro atoms. The number of nitrogens with zero attached hydrogens (tertiary/aromatic N) is 3. The fourth-order valence-corrected chi connectivity index (χ4v) is 5.01. The average molecular weight is 423 g/mol. The summed E-state index contributed by atoms with van der Waals surface area (Å²) < 4.78 is 0. The minimum atomic E-state index is -0.297. The Hall–Kier alpha value is -2.31. The zero-order chi connectivity index (χ0) is 21.1. The summed E-state index contributed by atoms with van der Waals surface area (Å²) in [6.45, 7) is 9.72. The van der Waals surface area contributed by atoms with Crippen molar-refractivity contribution in [2.24, 2.45) is 11.3 Å². The molecule has 5 nitrogen and oxygen atoms in total. The fourth-order valence-electron chi connectivity index (χ4n) is 4.39. The first-order valence-electron chi connectivity index (χ1n) is 10.8. The maximum atomic E-state index is 13.3. The standard InChI is InChI=1S/C24H30N4OS/c1-4-24(7-9-28(10-8-24)15-17(2)3)23(29)27-22-12-20-11-18(21-14-25-16-30-21)5-6-19(20)13-26-22/h5-6,11-14,16-17H,4,7-10,15H2,1-3H3,(H,26,27,29). The molecule has 6 heteroatoms. The number of pyridine rings is 1. The van der Waals surface area contributed by atoms with Crippen LogP contribution in [0.15, 0.2) is 42.2 Å². The van der Waals surface area contributed by atoms with Gasteiger partial charge in [-0.3, -0.25) is 9.78 Å². The van der Waals surface area contributed by atoms with Crippen LogP contribution in [0.25, 0.3) is 21.2 Å². The molecular weight excluding hydrogens is 392 g/mol. The molecule has 3 aromatic rings. The number of carbonyl (C=O) groups is 1. The quantitative estimate of drug-likeness (QED) is 0.574. The number of anilines is 1. The van der Waals surface area contributed by atoms with Crippen molar-refractivity contribution in [3.63, 3.8) is 0 Å². The highest BCUT2D eigenvalue weighted by atomic mass is 32.1. The molecule has 2 aromatic heterocycles. The molecular formula is C24H30N4OS. The second-order valence-corrected chi connectivity index (χ2v) is 9.67. The molecule has 3 heterocycles. The molecule has 0 saturated carbocycles. The van der Waals surface area contributed by atoms with Crippen LogP contribution in [0.5, 0.6) is 0 Å². The highest BCUT2D eigenvalue weighted by Crippen LogP contribution is 2.36. The first-order valence-corrected chi connectivity index (χ1v) is 11.7. The van der Waals surface area contributed by atoms with Gasteiger partial charge in [-0.15, -0.1) is 11.3 Å². The molecule has 4 rings (SSSR count). The van der Waals surface area contributed by atoms with E-state index in [1.807, 2.05) is 24.0 Å². The number of likely N-dealkylation sites (tertiary alicyclic amines) is 1. The summed E-state index contributed by atoms with van der Waals surface area (Å²) in [4.78, 5) is 25.6. The average Bonchev–Trinajstić information content (AvgIpc) is 3.28.